The number of hydrogen-bond donors (Lipinski definition) is 0. The van der Waals surface area contributed by atoms with Gasteiger partial charge in [0.1, 0.15) is 53.2 Å². The molecule has 5 aliphatic rings. The van der Waals surface area contributed by atoms with Gasteiger partial charge in [0, 0.05) is 37.6 Å². The molecule has 16 heteroatoms. The largest absolute Gasteiger partial charge is 0.475 e. The molecule has 4 aromatic rings. The molecule has 4 saturated heterocycles. The molecule has 0 spiro atoms. The number of carbonyl (C=O) groups is 1. The van der Waals surface area contributed by atoms with Crippen LogP contribution in [0.2, 0.25) is 0 Å². The van der Waals surface area contributed by atoms with Gasteiger partial charge < -0.3 is 28.6 Å². The number of halogens is 4. The van der Waals surface area contributed by atoms with E-state index in [0.29, 0.717) is 38.2 Å². The van der Waals surface area contributed by atoms with Crippen LogP contribution in [-0.2, 0) is 9.47 Å². The van der Waals surface area contributed by atoms with Gasteiger partial charge in [-0.05, 0) is 76.6 Å². The lowest BCUT2D eigenvalue weighted by molar-refractivity contribution is 0.00537. The zero-order valence-corrected chi connectivity index (χ0v) is 31.0. The standard InChI is InChI=1S/C39H42F4N6O6/c1-38(2,3)55-37(50)49-22-7-9-26(49)27-17-52-35-29-33(45-36(46-34(29)48(27)16-22)53-18-39-10-5-11-47(39)15-21(40)14-39)31(43)32(44-35)24-13-23(54-19-51-4)12-20-6-8-25(41)30(42)28(20)24/h6,8,12-13,21-22,26-27H,5,7,9-11,14-19H2,1-4H3/t21-,22+,26-,27+,39-/m0/s1. The van der Waals surface area contributed by atoms with Gasteiger partial charge in [-0.25, -0.2) is 27.3 Å². The van der Waals surface area contributed by atoms with Gasteiger partial charge in [-0.15, -0.1) is 0 Å². The summed E-state index contributed by atoms with van der Waals surface area (Å²) in [6, 6.07) is 4.09. The summed E-state index contributed by atoms with van der Waals surface area (Å²) in [6.07, 6.45) is 1.92. The van der Waals surface area contributed by atoms with Gasteiger partial charge in [0.05, 0.1) is 23.7 Å². The SMILES string of the molecule is COCOc1cc(-c2nc3c4c(nc(OC[C@@]56CCCN5C[C@@H](F)C6)nc4c2F)N2C[C@H]4CC[C@@H]([C@H]2CO3)N4C(=O)OC(C)(C)C)c2c(F)c(F)ccc2c1. The first kappa shape index (κ1) is 36.0. The van der Waals surface area contributed by atoms with Gasteiger partial charge in [-0.1, -0.05) is 6.07 Å². The maximum Gasteiger partial charge on any atom is 0.410 e. The Morgan fingerprint density at radius 1 is 1.02 bits per heavy atom. The number of aromatic nitrogens is 3. The summed E-state index contributed by atoms with van der Waals surface area (Å²) >= 11 is 0. The van der Waals surface area contributed by atoms with Crippen LogP contribution in [0, 0.1) is 17.5 Å². The molecule has 1 amide bonds. The number of alkyl halides is 1. The number of ether oxygens (including phenoxy) is 5. The molecule has 7 heterocycles. The number of methoxy groups -OCH3 is 1. The minimum Gasteiger partial charge on any atom is -0.475 e. The van der Waals surface area contributed by atoms with Crippen LogP contribution in [0.1, 0.15) is 52.9 Å². The Labute approximate surface area is 314 Å². The van der Waals surface area contributed by atoms with Crippen LogP contribution >= 0.6 is 0 Å². The van der Waals surface area contributed by atoms with Gasteiger partial charge >= 0.3 is 12.1 Å². The Hall–Kier alpha value is -4.70. The van der Waals surface area contributed by atoms with Gasteiger partial charge in [0.25, 0.3) is 0 Å². The third-order valence-electron chi connectivity index (χ3n) is 11.6. The molecular weight excluding hydrogens is 724 g/mol. The second-order valence-corrected chi connectivity index (χ2v) is 16.2. The summed E-state index contributed by atoms with van der Waals surface area (Å²) in [6.45, 7) is 6.84. The maximum absolute atomic E-state index is 17.4. The van der Waals surface area contributed by atoms with E-state index in [1.165, 1.54) is 25.3 Å². The van der Waals surface area contributed by atoms with Crippen LogP contribution in [-0.4, -0.2) is 113 Å². The van der Waals surface area contributed by atoms with Crippen molar-refractivity contribution in [3.05, 3.63) is 41.7 Å². The van der Waals surface area contributed by atoms with E-state index in [0.717, 1.165) is 25.5 Å². The Bertz CT molecular complexity index is 2210. The molecule has 12 nitrogen and oxygen atoms in total. The van der Waals surface area contributed by atoms with Crippen molar-refractivity contribution in [3.8, 4) is 28.9 Å². The third kappa shape index (κ3) is 6.03. The van der Waals surface area contributed by atoms with Crippen molar-refractivity contribution in [2.75, 3.05) is 51.7 Å². The van der Waals surface area contributed by atoms with E-state index in [-0.39, 0.29) is 82.7 Å². The monoisotopic (exact) mass is 766 g/mol. The molecule has 0 N–H and O–H groups in total. The van der Waals surface area contributed by atoms with E-state index < -0.39 is 46.9 Å². The highest BCUT2D eigenvalue weighted by Crippen LogP contribution is 2.47. The normalized spacial score (nSPS) is 25.9. The fourth-order valence-electron chi connectivity index (χ4n) is 9.32. The molecule has 9 rings (SSSR count). The molecule has 292 valence electrons. The lowest BCUT2D eigenvalue weighted by Gasteiger charge is -2.46. The van der Waals surface area contributed by atoms with Gasteiger partial charge in [0.15, 0.2) is 24.2 Å². The van der Waals surface area contributed by atoms with Crippen molar-refractivity contribution in [2.24, 2.45) is 0 Å². The molecule has 2 aromatic heterocycles. The molecule has 5 atom stereocenters. The Morgan fingerprint density at radius 2 is 1.85 bits per heavy atom. The molecule has 0 unspecified atom stereocenters. The quantitative estimate of drug-likeness (QED) is 0.151. The van der Waals surface area contributed by atoms with Crippen molar-refractivity contribution in [1.29, 1.82) is 0 Å². The number of anilines is 1. The zero-order chi connectivity index (χ0) is 38.4. The number of carbonyl (C=O) groups excluding carboxylic acids is 1. The van der Waals surface area contributed by atoms with Gasteiger partial charge in [-0.3, -0.25) is 9.80 Å². The van der Waals surface area contributed by atoms with Crippen LogP contribution in [0.15, 0.2) is 24.3 Å². The first-order chi connectivity index (χ1) is 26.3. The highest BCUT2D eigenvalue weighted by atomic mass is 19.2. The summed E-state index contributed by atoms with van der Waals surface area (Å²) in [5.74, 6) is -2.76. The average Bonchev–Trinajstić information content (AvgIpc) is 3.75. The Morgan fingerprint density at radius 3 is 2.65 bits per heavy atom. The Kier molecular flexibility index (Phi) is 8.64. The van der Waals surface area contributed by atoms with E-state index in [2.05, 4.69) is 14.9 Å². The minimum atomic E-state index is -1.19. The number of nitrogens with zero attached hydrogens (tertiary/aromatic N) is 6. The number of benzene rings is 2. The number of rotatable bonds is 7. The average molecular weight is 767 g/mol. The fourth-order valence-corrected chi connectivity index (χ4v) is 9.32. The summed E-state index contributed by atoms with van der Waals surface area (Å²) in [5.41, 5.74) is -1.90. The van der Waals surface area contributed by atoms with Crippen LogP contribution in [0.4, 0.5) is 28.2 Å². The van der Waals surface area contributed by atoms with Gasteiger partial charge in [0.2, 0.25) is 5.88 Å². The molecule has 55 heavy (non-hydrogen) atoms. The molecule has 2 aromatic carbocycles. The predicted molar refractivity (Wildman–Crippen MR) is 193 cm³/mol. The number of fused-ring (bicyclic) bond motifs is 7. The summed E-state index contributed by atoms with van der Waals surface area (Å²) in [7, 11) is 1.43. The van der Waals surface area contributed by atoms with Crippen molar-refractivity contribution < 1.29 is 46.0 Å². The highest BCUT2D eigenvalue weighted by molar-refractivity contribution is 6.02. The van der Waals surface area contributed by atoms with Crippen LogP contribution in [0.5, 0.6) is 17.6 Å². The van der Waals surface area contributed by atoms with Crippen LogP contribution < -0.4 is 19.1 Å². The highest BCUT2D eigenvalue weighted by Gasteiger charge is 2.52. The molecule has 4 fully saturated rings. The first-order valence-corrected chi connectivity index (χ1v) is 18.7. The fraction of sp³-hybridized carbons (Fsp3) is 0.538. The molecule has 2 bridgehead atoms. The minimum absolute atomic E-state index is 0.0214. The summed E-state index contributed by atoms with van der Waals surface area (Å²) in [5, 5.41) is 0.197. The smallest absolute Gasteiger partial charge is 0.410 e. The number of hydrogen-bond acceptors (Lipinski definition) is 11. The summed E-state index contributed by atoms with van der Waals surface area (Å²) < 4.78 is 91.8. The Balaban J connectivity index is 1.20. The van der Waals surface area contributed by atoms with E-state index in [1.54, 1.807) is 4.90 Å². The van der Waals surface area contributed by atoms with E-state index in [4.69, 9.17) is 28.7 Å². The predicted octanol–water partition coefficient (Wildman–Crippen LogP) is 6.55. The van der Waals surface area contributed by atoms with Gasteiger partial charge in [-0.2, -0.15) is 9.97 Å². The lowest BCUT2D eigenvalue weighted by atomic mass is 9.95. The molecule has 0 aliphatic carbocycles. The van der Waals surface area contributed by atoms with E-state index in [9.17, 15) is 13.6 Å². The first-order valence-electron chi connectivity index (χ1n) is 18.7. The molecular formula is C39H42F4N6O6. The molecule has 0 saturated carbocycles. The number of piperazine rings is 1. The van der Waals surface area contributed by atoms with E-state index >= 15 is 8.78 Å². The van der Waals surface area contributed by atoms with Crippen molar-refractivity contribution in [2.45, 2.75) is 88.3 Å². The summed E-state index contributed by atoms with van der Waals surface area (Å²) in [4.78, 5) is 33.5. The van der Waals surface area contributed by atoms with Crippen LogP contribution in [0.25, 0.3) is 32.9 Å². The molecule has 0 radical (unpaired) electrons. The maximum atomic E-state index is 17.4. The third-order valence-corrected chi connectivity index (χ3v) is 11.6. The second-order valence-electron chi connectivity index (χ2n) is 16.2. The van der Waals surface area contributed by atoms with Crippen molar-refractivity contribution in [1.82, 2.24) is 24.8 Å². The topological polar surface area (TPSA) is 112 Å². The van der Waals surface area contributed by atoms with E-state index in [1.807, 2.05) is 25.7 Å². The zero-order valence-electron chi connectivity index (χ0n) is 31.0. The molecule has 5 aliphatic heterocycles. The number of amides is 1. The van der Waals surface area contributed by atoms with Crippen molar-refractivity contribution in [3.63, 3.8) is 0 Å². The van der Waals surface area contributed by atoms with Crippen molar-refractivity contribution >= 4 is 33.6 Å². The van der Waals surface area contributed by atoms with Crippen LogP contribution in [0.3, 0.4) is 0 Å². The second kappa shape index (κ2) is 13.2. The number of pyridine rings is 1. The lowest BCUT2D eigenvalue weighted by Crippen LogP contribution is -2.63.